The molecule has 0 radical (unpaired) electrons. The summed E-state index contributed by atoms with van der Waals surface area (Å²) in [6.07, 6.45) is 0. The molecule has 1 rings (SSSR count). The predicted molar refractivity (Wildman–Crippen MR) is 67.8 cm³/mol. The van der Waals surface area contributed by atoms with E-state index in [1.54, 1.807) is 19.1 Å². The van der Waals surface area contributed by atoms with Crippen molar-refractivity contribution in [3.63, 3.8) is 0 Å². The molecule has 0 atom stereocenters. The molecule has 1 aromatic rings. The highest BCUT2D eigenvalue weighted by molar-refractivity contribution is 5.94. The molecule has 0 spiro atoms. The Morgan fingerprint density at radius 1 is 1.44 bits per heavy atom. The maximum Gasteiger partial charge on any atom is 0.273 e. The van der Waals surface area contributed by atoms with Crippen molar-refractivity contribution in [1.82, 2.24) is 5.32 Å². The van der Waals surface area contributed by atoms with E-state index in [1.807, 2.05) is 14.1 Å². The highest BCUT2D eigenvalue weighted by atomic mass is 16.6. The molecule has 0 aliphatic heterocycles. The SMILES string of the molecule is Cc1ccc(C(=O)NCC[NH+](C)C)cc1[N+](=O)[O-]. The molecule has 0 aliphatic rings. The standard InChI is InChI=1S/C12H17N3O3/c1-9-4-5-10(8-11(9)15(17)18)12(16)13-6-7-14(2)3/h4-5,8H,6-7H2,1-3H3,(H,13,16)/p+1. The Morgan fingerprint density at radius 3 is 2.67 bits per heavy atom. The number of hydrogen-bond donors (Lipinski definition) is 2. The van der Waals surface area contributed by atoms with Crippen LogP contribution in [0, 0.1) is 17.0 Å². The summed E-state index contributed by atoms with van der Waals surface area (Å²) in [5, 5.41) is 13.5. The summed E-state index contributed by atoms with van der Waals surface area (Å²) < 4.78 is 0. The quantitative estimate of drug-likeness (QED) is 0.562. The Hall–Kier alpha value is -1.95. The maximum absolute atomic E-state index is 11.8. The molecule has 0 aromatic heterocycles. The summed E-state index contributed by atoms with van der Waals surface area (Å²) in [6.45, 7) is 3.00. The molecule has 6 heteroatoms. The van der Waals surface area contributed by atoms with Gasteiger partial charge in [-0.3, -0.25) is 14.9 Å². The number of amides is 1. The largest absolute Gasteiger partial charge is 0.346 e. The maximum atomic E-state index is 11.8. The van der Waals surface area contributed by atoms with E-state index in [0.29, 0.717) is 17.7 Å². The average molecular weight is 252 g/mol. The van der Waals surface area contributed by atoms with Gasteiger partial charge in [-0.05, 0) is 13.0 Å². The second-order valence-corrected chi connectivity index (χ2v) is 4.47. The van der Waals surface area contributed by atoms with Gasteiger partial charge in [0.2, 0.25) is 0 Å². The molecule has 0 saturated heterocycles. The second kappa shape index (κ2) is 6.11. The number of nitrogens with zero attached hydrogens (tertiary/aromatic N) is 1. The van der Waals surface area contributed by atoms with Crippen molar-refractivity contribution in [3.05, 3.63) is 39.4 Å². The van der Waals surface area contributed by atoms with Crippen molar-refractivity contribution in [2.45, 2.75) is 6.92 Å². The molecule has 0 unspecified atom stereocenters. The Balaban J connectivity index is 2.74. The van der Waals surface area contributed by atoms with Gasteiger partial charge in [0.25, 0.3) is 11.6 Å². The van der Waals surface area contributed by atoms with Gasteiger partial charge in [0.15, 0.2) is 0 Å². The van der Waals surface area contributed by atoms with E-state index in [-0.39, 0.29) is 11.6 Å². The third-order valence-corrected chi connectivity index (χ3v) is 2.58. The monoisotopic (exact) mass is 252 g/mol. The Kier molecular flexibility index (Phi) is 4.79. The van der Waals surface area contributed by atoms with Crippen molar-refractivity contribution in [3.8, 4) is 0 Å². The molecule has 0 heterocycles. The van der Waals surface area contributed by atoms with Crippen molar-refractivity contribution >= 4 is 11.6 Å². The van der Waals surface area contributed by atoms with Crippen LogP contribution in [0.1, 0.15) is 15.9 Å². The first kappa shape index (κ1) is 14.1. The van der Waals surface area contributed by atoms with Crippen LogP contribution in [0.2, 0.25) is 0 Å². The number of nitrogens with one attached hydrogen (secondary N) is 2. The molecule has 0 bridgehead atoms. The van der Waals surface area contributed by atoms with E-state index in [2.05, 4.69) is 5.32 Å². The number of nitro benzene ring substituents is 1. The summed E-state index contributed by atoms with van der Waals surface area (Å²) in [4.78, 5) is 23.3. The lowest BCUT2D eigenvalue weighted by molar-refractivity contribution is -0.856. The molecule has 0 fully saturated rings. The number of carbonyl (C=O) groups excluding carboxylic acids is 1. The topological polar surface area (TPSA) is 76.7 Å². The molecule has 0 saturated carbocycles. The summed E-state index contributed by atoms with van der Waals surface area (Å²) in [5.41, 5.74) is 0.844. The number of rotatable bonds is 5. The minimum atomic E-state index is -0.476. The van der Waals surface area contributed by atoms with Gasteiger partial charge < -0.3 is 10.2 Å². The fourth-order valence-corrected chi connectivity index (χ4v) is 1.48. The van der Waals surface area contributed by atoms with Crippen molar-refractivity contribution in [2.24, 2.45) is 0 Å². The molecule has 18 heavy (non-hydrogen) atoms. The number of quaternary nitrogens is 1. The van der Waals surface area contributed by atoms with Gasteiger partial charge in [-0.15, -0.1) is 0 Å². The van der Waals surface area contributed by atoms with Crippen LogP contribution in [-0.2, 0) is 0 Å². The molecule has 0 aliphatic carbocycles. The molecule has 1 aromatic carbocycles. The van der Waals surface area contributed by atoms with Crippen LogP contribution in [0.25, 0.3) is 0 Å². The second-order valence-electron chi connectivity index (χ2n) is 4.47. The van der Waals surface area contributed by atoms with E-state index in [9.17, 15) is 14.9 Å². The molecule has 6 nitrogen and oxygen atoms in total. The molecular weight excluding hydrogens is 234 g/mol. The first-order chi connectivity index (χ1) is 8.41. The van der Waals surface area contributed by atoms with Crippen LogP contribution in [0.3, 0.4) is 0 Å². The normalized spacial score (nSPS) is 10.4. The third kappa shape index (κ3) is 3.81. The summed E-state index contributed by atoms with van der Waals surface area (Å²) >= 11 is 0. The first-order valence-electron chi connectivity index (χ1n) is 5.74. The Bertz CT molecular complexity index is 458. The fourth-order valence-electron chi connectivity index (χ4n) is 1.48. The Morgan fingerprint density at radius 2 is 2.11 bits per heavy atom. The van der Waals surface area contributed by atoms with Gasteiger partial charge in [-0.25, -0.2) is 0 Å². The zero-order valence-electron chi connectivity index (χ0n) is 10.8. The van der Waals surface area contributed by atoms with Crippen LogP contribution < -0.4 is 10.2 Å². The number of carbonyl (C=O) groups is 1. The minimum Gasteiger partial charge on any atom is -0.346 e. The number of benzene rings is 1. The van der Waals surface area contributed by atoms with Crippen LogP contribution in [0.5, 0.6) is 0 Å². The van der Waals surface area contributed by atoms with E-state index in [4.69, 9.17) is 0 Å². The van der Waals surface area contributed by atoms with Crippen molar-refractivity contribution in [1.29, 1.82) is 0 Å². The number of nitro groups is 1. The van der Waals surface area contributed by atoms with Crippen molar-refractivity contribution < 1.29 is 14.6 Å². The zero-order valence-corrected chi connectivity index (χ0v) is 10.8. The summed E-state index contributed by atoms with van der Waals surface area (Å²) in [5.74, 6) is -0.278. The van der Waals surface area contributed by atoms with E-state index in [1.165, 1.54) is 11.0 Å². The zero-order chi connectivity index (χ0) is 13.7. The van der Waals surface area contributed by atoms with Crippen LogP contribution in [-0.4, -0.2) is 38.0 Å². The number of aryl methyl sites for hydroxylation is 1. The highest BCUT2D eigenvalue weighted by Gasteiger charge is 2.14. The number of hydrogen-bond acceptors (Lipinski definition) is 3. The van der Waals surface area contributed by atoms with Gasteiger partial charge in [0.1, 0.15) is 0 Å². The summed E-state index contributed by atoms with van der Waals surface area (Å²) in [6, 6.07) is 4.50. The lowest BCUT2D eigenvalue weighted by Crippen LogP contribution is -3.06. The minimum absolute atomic E-state index is 0.0270. The Labute approximate surface area is 106 Å². The van der Waals surface area contributed by atoms with E-state index >= 15 is 0 Å². The van der Waals surface area contributed by atoms with Gasteiger partial charge in [-0.1, -0.05) is 6.07 Å². The predicted octanol–water partition coefficient (Wildman–Crippen LogP) is -0.222. The van der Waals surface area contributed by atoms with Gasteiger partial charge in [0.05, 0.1) is 32.1 Å². The van der Waals surface area contributed by atoms with Crippen molar-refractivity contribution in [2.75, 3.05) is 27.2 Å². The van der Waals surface area contributed by atoms with Gasteiger partial charge in [-0.2, -0.15) is 0 Å². The smallest absolute Gasteiger partial charge is 0.273 e. The van der Waals surface area contributed by atoms with Crippen LogP contribution in [0.15, 0.2) is 18.2 Å². The highest BCUT2D eigenvalue weighted by Crippen LogP contribution is 2.18. The molecule has 98 valence electrons. The molecule has 2 N–H and O–H groups in total. The average Bonchev–Trinajstić information content (AvgIpc) is 2.28. The van der Waals surface area contributed by atoms with E-state index < -0.39 is 4.92 Å². The lowest BCUT2D eigenvalue weighted by atomic mass is 10.1. The fraction of sp³-hybridized carbons (Fsp3) is 0.417. The summed E-state index contributed by atoms with van der Waals surface area (Å²) in [7, 11) is 3.98. The van der Waals surface area contributed by atoms with E-state index in [0.717, 1.165) is 6.54 Å². The lowest BCUT2D eigenvalue weighted by Gasteiger charge is -2.08. The molecular formula is C12H18N3O3+. The molecule has 1 amide bonds. The number of likely N-dealkylation sites (N-methyl/N-ethyl adjacent to an activating group) is 1. The first-order valence-corrected chi connectivity index (χ1v) is 5.74. The van der Waals surface area contributed by atoms with Crippen LogP contribution >= 0.6 is 0 Å². The van der Waals surface area contributed by atoms with Gasteiger partial charge in [0, 0.05) is 17.2 Å². The van der Waals surface area contributed by atoms with Crippen LogP contribution in [0.4, 0.5) is 5.69 Å². The van der Waals surface area contributed by atoms with Gasteiger partial charge >= 0.3 is 0 Å². The third-order valence-electron chi connectivity index (χ3n) is 2.58.